The maximum absolute atomic E-state index is 11.0. The molecule has 0 radical (unpaired) electrons. The SMILES string of the molecule is CN1CCCCC1CNc1ccc(C(N)=O)cc1. The van der Waals surface area contributed by atoms with Gasteiger partial charge in [0.25, 0.3) is 0 Å². The number of likely N-dealkylation sites (N-methyl/N-ethyl adjacent to an activating group) is 1. The molecule has 98 valence electrons. The largest absolute Gasteiger partial charge is 0.383 e. The van der Waals surface area contributed by atoms with Gasteiger partial charge in [-0.15, -0.1) is 0 Å². The van der Waals surface area contributed by atoms with E-state index in [1.807, 2.05) is 12.1 Å². The first-order valence-corrected chi connectivity index (χ1v) is 6.51. The third-order valence-corrected chi connectivity index (χ3v) is 3.63. The molecular formula is C14H21N3O. The molecule has 1 aliphatic rings. The van der Waals surface area contributed by atoms with Crippen molar-refractivity contribution < 1.29 is 4.79 Å². The van der Waals surface area contributed by atoms with Crippen molar-refractivity contribution >= 4 is 11.6 Å². The van der Waals surface area contributed by atoms with E-state index in [1.165, 1.54) is 25.8 Å². The number of hydrogen-bond acceptors (Lipinski definition) is 3. The molecule has 0 spiro atoms. The molecule has 0 bridgehead atoms. The zero-order valence-corrected chi connectivity index (χ0v) is 10.9. The number of carbonyl (C=O) groups excluding carboxylic acids is 1. The van der Waals surface area contributed by atoms with E-state index in [4.69, 9.17) is 5.73 Å². The van der Waals surface area contributed by atoms with Crippen LogP contribution in [0.1, 0.15) is 29.6 Å². The van der Waals surface area contributed by atoms with Gasteiger partial charge in [0.2, 0.25) is 5.91 Å². The van der Waals surface area contributed by atoms with Crippen LogP contribution in [0.3, 0.4) is 0 Å². The number of likely N-dealkylation sites (tertiary alicyclic amines) is 1. The summed E-state index contributed by atoms with van der Waals surface area (Å²) in [6.45, 7) is 2.14. The molecule has 0 saturated carbocycles. The smallest absolute Gasteiger partial charge is 0.248 e. The Morgan fingerprint density at radius 2 is 2.11 bits per heavy atom. The number of benzene rings is 1. The van der Waals surface area contributed by atoms with Crippen LogP contribution >= 0.6 is 0 Å². The molecule has 1 aliphatic heterocycles. The van der Waals surface area contributed by atoms with Crippen LogP contribution in [0.25, 0.3) is 0 Å². The van der Waals surface area contributed by atoms with E-state index in [-0.39, 0.29) is 5.91 Å². The van der Waals surface area contributed by atoms with Crippen LogP contribution in [0.4, 0.5) is 5.69 Å². The molecule has 0 aromatic heterocycles. The predicted molar refractivity (Wildman–Crippen MR) is 73.7 cm³/mol. The van der Waals surface area contributed by atoms with Gasteiger partial charge >= 0.3 is 0 Å². The van der Waals surface area contributed by atoms with E-state index in [0.29, 0.717) is 11.6 Å². The second-order valence-electron chi connectivity index (χ2n) is 4.95. The second kappa shape index (κ2) is 5.87. The molecule has 1 unspecified atom stereocenters. The Labute approximate surface area is 108 Å². The van der Waals surface area contributed by atoms with Gasteiger partial charge in [0.15, 0.2) is 0 Å². The number of nitrogens with two attached hydrogens (primary N) is 1. The van der Waals surface area contributed by atoms with E-state index < -0.39 is 0 Å². The lowest BCUT2D eigenvalue weighted by atomic mass is 10.0. The molecule has 3 N–H and O–H groups in total. The fourth-order valence-electron chi connectivity index (χ4n) is 2.39. The molecule has 2 rings (SSSR count). The minimum Gasteiger partial charge on any atom is -0.383 e. The maximum atomic E-state index is 11.0. The summed E-state index contributed by atoms with van der Waals surface area (Å²) in [6, 6.07) is 7.94. The van der Waals surface area contributed by atoms with Crippen molar-refractivity contribution in [1.29, 1.82) is 0 Å². The van der Waals surface area contributed by atoms with Gasteiger partial charge in [-0.25, -0.2) is 0 Å². The molecule has 1 atom stereocenters. The van der Waals surface area contributed by atoms with Crippen molar-refractivity contribution in [2.75, 3.05) is 25.5 Å². The highest BCUT2D eigenvalue weighted by Crippen LogP contribution is 2.16. The van der Waals surface area contributed by atoms with Crippen LogP contribution in [-0.4, -0.2) is 37.0 Å². The monoisotopic (exact) mass is 247 g/mol. The number of anilines is 1. The summed E-state index contributed by atoms with van der Waals surface area (Å²) in [5, 5.41) is 3.42. The van der Waals surface area contributed by atoms with Gasteiger partial charge in [0.1, 0.15) is 0 Å². The normalized spacial score (nSPS) is 20.6. The Kier molecular flexibility index (Phi) is 4.20. The summed E-state index contributed by atoms with van der Waals surface area (Å²) in [5.74, 6) is -0.381. The average molecular weight is 247 g/mol. The molecule has 1 fully saturated rings. The quantitative estimate of drug-likeness (QED) is 0.851. The van der Waals surface area contributed by atoms with Crippen LogP contribution in [0.5, 0.6) is 0 Å². The van der Waals surface area contributed by atoms with Gasteiger partial charge in [-0.2, -0.15) is 0 Å². The highest BCUT2D eigenvalue weighted by molar-refractivity contribution is 5.93. The highest BCUT2D eigenvalue weighted by Gasteiger charge is 2.18. The third-order valence-electron chi connectivity index (χ3n) is 3.63. The van der Waals surface area contributed by atoms with Crippen molar-refractivity contribution in [2.45, 2.75) is 25.3 Å². The number of carbonyl (C=O) groups is 1. The minimum absolute atomic E-state index is 0.381. The summed E-state index contributed by atoms with van der Waals surface area (Å²) in [4.78, 5) is 13.4. The van der Waals surface area contributed by atoms with Crippen LogP contribution in [0.15, 0.2) is 24.3 Å². The Balaban J connectivity index is 1.87. The minimum atomic E-state index is -0.381. The van der Waals surface area contributed by atoms with Gasteiger partial charge in [0.05, 0.1) is 0 Å². The maximum Gasteiger partial charge on any atom is 0.248 e. The first-order valence-electron chi connectivity index (χ1n) is 6.51. The van der Waals surface area contributed by atoms with E-state index in [9.17, 15) is 4.79 Å². The zero-order valence-electron chi connectivity index (χ0n) is 10.9. The molecule has 0 aliphatic carbocycles. The third kappa shape index (κ3) is 3.23. The van der Waals surface area contributed by atoms with Crippen molar-refractivity contribution in [3.63, 3.8) is 0 Å². The Morgan fingerprint density at radius 3 is 2.72 bits per heavy atom. The number of piperidine rings is 1. The first kappa shape index (κ1) is 12.9. The average Bonchev–Trinajstić information content (AvgIpc) is 2.38. The number of nitrogens with zero attached hydrogens (tertiary/aromatic N) is 1. The van der Waals surface area contributed by atoms with E-state index in [1.54, 1.807) is 12.1 Å². The molecule has 1 amide bonds. The lowest BCUT2D eigenvalue weighted by Gasteiger charge is -2.32. The van der Waals surface area contributed by atoms with Gasteiger partial charge in [-0.1, -0.05) is 6.42 Å². The van der Waals surface area contributed by atoms with Gasteiger partial charge in [-0.3, -0.25) is 4.79 Å². The lowest BCUT2D eigenvalue weighted by Crippen LogP contribution is -2.40. The van der Waals surface area contributed by atoms with E-state index in [2.05, 4.69) is 17.3 Å². The van der Waals surface area contributed by atoms with Crippen molar-refractivity contribution in [1.82, 2.24) is 4.90 Å². The fourth-order valence-corrected chi connectivity index (χ4v) is 2.39. The standard InChI is InChI=1S/C14H21N3O/c1-17-9-3-2-4-13(17)10-16-12-7-5-11(6-8-12)14(15)18/h5-8,13,16H,2-4,9-10H2,1H3,(H2,15,18). The first-order chi connectivity index (χ1) is 8.66. The van der Waals surface area contributed by atoms with Crippen molar-refractivity contribution in [2.24, 2.45) is 5.73 Å². The zero-order chi connectivity index (χ0) is 13.0. The summed E-state index contributed by atoms with van der Waals surface area (Å²) in [7, 11) is 2.18. The molecule has 18 heavy (non-hydrogen) atoms. The Bertz CT molecular complexity index is 402. The summed E-state index contributed by atoms with van der Waals surface area (Å²) >= 11 is 0. The van der Waals surface area contributed by atoms with Gasteiger partial charge in [0, 0.05) is 23.8 Å². The number of amides is 1. The topological polar surface area (TPSA) is 58.4 Å². The number of hydrogen-bond donors (Lipinski definition) is 2. The summed E-state index contributed by atoms with van der Waals surface area (Å²) < 4.78 is 0. The second-order valence-corrected chi connectivity index (χ2v) is 4.95. The molecule has 1 heterocycles. The van der Waals surface area contributed by atoms with Crippen LogP contribution in [0, 0.1) is 0 Å². The van der Waals surface area contributed by atoms with Crippen LogP contribution < -0.4 is 11.1 Å². The Hall–Kier alpha value is -1.55. The highest BCUT2D eigenvalue weighted by atomic mass is 16.1. The number of primary amides is 1. The number of rotatable bonds is 4. The van der Waals surface area contributed by atoms with E-state index in [0.717, 1.165) is 12.2 Å². The number of nitrogens with one attached hydrogen (secondary N) is 1. The van der Waals surface area contributed by atoms with Crippen molar-refractivity contribution in [3.8, 4) is 0 Å². The molecule has 1 aromatic carbocycles. The van der Waals surface area contributed by atoms with E-state index >= 15 is 0 Å². The summed E-state index contributed by atoms with van der Waals surface area (Å²) in [6.07, 6.45) is 3.88. The fraction of sp³-hybridized carbons (Fsp3) is 0.500. The molecule has 4 nitrogen and oxygen atoms in total. The Morgan fingerprint density at radius 1 is 1.39 bits per heavy atom. The van der Waals surface area contributed by atoms with Gasteiger partial charge in [-0.05, 0) is 50.7 Å². The molecule has 4 heteroatoms. The van der Waals surface area contributed by atoms with Crippen LogP contribution in [-0.2, 0) is 0 Å². The molecular weight excluding hydrogens is 226 g/mol. The summed E-state index contributed by atoms with van der Waals surface area (Å²) in [5.41, 5.74) is 6.80. The molecule has 1 aromatic rings. The van der Waals surface area contributed by atoms with Crippen molar-refractivity contribution in [3.05, 3.63) is 29.8 Å². The van der Waals surface area contributed by atoms with Crippen LogP contribution in [0.2, 0.25) is 0 Å². The van der Waals surface area contributed by atoms with Gasteiger partial charge < -0.3 is 16.0 Å². The predicted octanol–water partition coefficient (Wildman–Crippen LogP) is 1.68. The lowest BCUT2D eigenvalue weighted by molar-refractivity contribution is 0.100. The molecule has 1 saturated heterocycles.